The summed E-state index contributed by atoms with van der Waals surface area (Å²) in [5.41, 5.74) is 4.67. The lowest BCUT2D eigenvalue weighted by Crippen LogP contribution is -2.54. The van der Waals surface area contributed by atoms with Crippen molar-refractivity contribution in [3.05, 3.63) is 22.8 Å². The molecule has 7 rings (SSSR count). The van der Waals surface area contributed by atoms with Crippen LogP contribution in [0.1, 0.15) is 144 Å². The van der Waals surface area contributed by atoms with Crippen LogP contribution in [-0.4, -0.2) is 89.4 Å². The summed E-state index contributed by atoms with van der Waals surface area (Å²) in [4.78, 5) is 51.9. The van der Waals surface area contributed by atoms with Crippen molar-refractivity contribution in [1.82, 2.24) is 20.9 Å². The lowest BCUT2D eigenvalue weighted by molar-refractivity contribution is -0.122. The fourth-order valence-electron chi connectivity index (χ4n) is 13.2. The van der Waals surface area contributed by atoms with Crippen LogP contribution in [0.15, 0.2) is 22.8 Å². The highest BCUT2D eigenvalue weighted by atomic mass is 32.2. The molecule has 0 aromatic carbocycles. The zero-order valence-electron chi connectivity index (χ0n) is 36.1. The number of amides is 3. The summed E-state index contributed by atoms with van der Waals surface area (Å²) in [6.07, 6.45) is 17.6. The van der Waals surface area contributed by atoms with Gasteiger partial charge in [-0.15, -0.1) is 0 Å². The molecule has 9 nitrogen and oxygen atoms in total. The van der Waals surface area contributed by atoms with Crippen LogP contribution in [0.25, 0.3) is 0 Å². The molecule has 0 aromatic heterocycles. The van der Waals surface area contributed by atoms with Crippen LogP contribution >= 0.6 is 11.8 Å². The Morgan fingerprint density at radius 1 is 0.965 bits per heavy atom. The van der Waals surface area contributed by atoms with Gasteiger partial charge in [0.25, 0.3) is 0 Å². The number of ketones is 1. The van der Waals surface area contributed by atoms with Crippen molar-refractivity contribution >= 4 is 35.3 Å². The summed E-state index contributed by atoms with van der Waals surface area (Å²) in [7, 11) is 0. The molecule has 0 aromatic rings. The maximum absolute atomic E-state index is 12.9. The quantitative estimate of drug-likeness (QED) is 0.116. The molecular weight excluding hydrogens is 733 g/mol. The van der Waals surface area contributed by atoms with E-state index in [1.54, 1.807) is 18.1 Å². The van der Waals surface area contributed by atoms with Crippen molar-refractivity contribution in [2.24, 2.45) is 40.9 Å². The maximum atomic E-state index is 12.9. The van der Waals surface area contributed by atoms with E-state index in [4.69, 9.17) is 4.74 Å². The third kappa shape index (κ3) is 8.99. The number of rotatable bonds is 15. The van der Waals surface area contributed by atoms with Gasteiger partial charge in [-0.2, -0.15) is 11.8 Å². The van der Waals surface area contributed by atoms with Crippen LogP contribution in [0.5, 0.6) is 0 Å². The van der Waals surface area contributed by atoms with E-state index in [0.717, 1.165) is 89.0 Å². The second-order valence-corrected chi connectivity index (χ2v) is 21.1. The van der Waals surface area contributed by atoms with E-state index in [1.807, 2.05) is 17.8 Å². The Morgan fingerprint density at radius 2 is 1.72 bits per heavy atom. The number of fused-ring (bicyclic) bond motifs is 6. The standard InChI is InChI=1S/C47H74N4O5S/c1-29-24-40-45(32(4)47(56-40)20-18-36-37-16-15-34-25-35(53)17-19-46(34,6)39(37)26-38(36)31(47)3)51(27-29)23-22-49-43(55)13-8-7-11-21-48-42(54)14-10-9-12-41-44(50-33(5)52)30(2)28-57-41/h25,29-30,32,36-37,39-41,44-45H,7-24,26-28H2,1-6H3,(H,48,54)(H,49,55)(H,50,52)/t29-,30-,32+,36-,37-,39-,40+,41-,44-,45-,46-,47-/m0/s1. The minimum atomic E-state index is -0.186. The average Bonchev–Trinajstić information content (AvgIpc) is 3.81. The lowest BCUT2D eigenvalue weighted by Gasteiger charge is -2.48. The van der Waals surface area contributed by atoms with Crippen molar-refractivity contribution in [3.8, 4) is 0 Å². The summed E-state index contributed by atoms with van der Waals surface area (Å²) in [6, 6.07) is 0.616. The summed E-state index contributed by atoms with van der Waals surface area (Å²) < 4.78 is 7.33. The summed E-state index contributed by atoms with van der Waals surface area (Å²) >= 11 is 1.95. The first-order valence-corrected chi connectivity index (χ1v) is 24.1. The zero-order valence-corrected chi connectivity index (χ0v) is 36.9. The Bertz CT molecular complexity index is 1580. The van der Waals surface area contributed by atoms with Crippen LogP contribution < -0.4 is 16.0 Å². The summed E-state index contributed by atoms with van der Waals surface area (Å²) in [6.45, 7) is 16.7. The molecule has 3 aliphatic heterocycles. The van der Waals surface area contributed by atoms with Gasteiger partial charge in [0.05, 0.1) is 11.7 Å². The number of carbonyl (C=O) groups excluding carboxylic acids is 4. The third-order valence-electron chi connectivity index (χ3n) is 16.2. The van der Waals surface area contributed by atoms with Crippen molar-refractivity contribution in [1.29, 1.82) is 0 Å². The van der Waals surface area contributed by atoms with E-state index in [-0.39, 0.29) is 40.9 Å². The smallest absolute Gasteiger partial charge is 0.220 e. The molecule has 0 radical (unpaired) electrons. The molecule has 3 amide bonds. The van der Waals surface area contributed by atoms with Crippen LogP contribution in [-0.2, 0) is 23.9 Å². The Hall–Kier alpha value is -2.17. The third-order valence-corrected chi connectivity index (χ3v) is 17.9. The van der Waals surface area contributed by atoms with Crippen molar-refractivity contribution < 1.29 is 23.9 Å². The Labute approximate surface area is 347 Å². The van der Waals surface area contributed by atoms with E-state index < -0.39 is 0 Å². The number of nitrogens with zero attached hydrogens (tertiary/aromatic N) is 1. The number of likely N-dealkylation sites (tertiary alicyclic amines) is 1. The fraction of sp³-hybridized carbons (Fsp3) is 0.830. The fourth-order valence-corrected chi connectivity index (χ4v) is 14.8. The molecule has 12 atom stereocenters. The predicted molar refractivity (Wildman–Crippen MR) is 229 cm³/mol. The average molecular weight is 807 g/mol. The maximum Gasteiger partial charge on any atom is 0.220 e. The molecule has 10 heteroatoms. The van der Waals surface area contributed by atoms with Crippen LogP contribution in [0, 0.1) is 40.9 Å². The highest BCUT2D eigenvalue weighted by molar-refractivity contribution is 8.00. The molecule has 2 saturated carbocycles. The first-order chi connectivity index (χ1) is 27.3. The van der Waals surface area contributed by atoms with Gasteiger partial charge >= 0.3 is 0 Å². The summed E-state index contributed by atoms with van der Waals surface area (Å²) in [5.74, 6) is 5.23. The molecule has 0 unspecified atom stereocenters. The summed E-state index contributed by atoms with van der Waals surface area (Å²) in [5, 5.41) is 9.87. The lowest BCUT2D eigenvalue weighted by atomic mass is 9.56. The highest BCUT2D eigenvalue weighted by Gasteiger charge is 2.61. The van der Waals surface area contributed by atoms with Crippen molar-refractivity contribution in [3.63, 3.8) is 0 Å². The van der Waals surface area contributed by atoms with Gasteiger partial charge in [0.2, 0.25) is 17.7 Å². The molecule has 3 N–H and O–H groups in total. The zero-order chi connectivity index (χ0) is 40.5. The van der Waals surface area contributed by atoms with Gasteiger partial charge in [-0.3, -0.25) is 24.1 Å². The minimum Gasteiger partial charge on any atom is -0.365 e. The van der Waals surface area contributed by atoms with Crippen LogP contribution in [0.2, 0.25) is 0 Å². The van der Waals surface area contributed by atoms with E-state index in [9.17, 15) is 19.2 Å². The molecule has 4 aliphatic carbocycles. The van der Waals surface area contributed by atoms with Gasteiger partial charge in [0, 0.05) is 75.6 Å². The van der Waals surface area contributed by atoms with Crippen molar-refractivity contribution in [2.75, 3.05) is 31.9 Å². The molecule has 318 valence electrons. The first-order valence-electron chi connectivity index (χ1n) is 23.1. The highest BCUT2D eigenvalue weighted by Crippen LogP contribution is 2.65. The van der Waals surface area contributed by atoms with Crippen molar-refractivity contribution in [2.45, 2.75) is 173 Å². The second kappa shape index (κ2) is 18.2. The number of piperidine rings is 1. The molecular formula is C47H74N4O5S. The van der Waals surface area contributed by atoms with Crippen LogP contribution in [0.3, 0.4) is 0 Å². The monoisotopic (exact) mass is 807 g/mol. The Kier molecular flexibility index (Phi) is 13.7. The molecule has 7 aliphatic rings. The number of carbonyl (C=O) groups is 4. The topological polar surface area (TPSA) is 117 Å². The normalized spacial score (nSPS) is 38.6. The number of hydrogen-bond donors (Lipinski definition) is 3. The first kappa shape index (κ1) is 42.9. The van der Waals surface area contributed by atoms with Gasteiger partial charge in [0.1, 0.15) is 0 Å². The minimum absolute atomic E-state index is 0.0432. The molecule has 5 fully saturated rings. The largest absolute Gasteiger partial charge is 0.365 e. The van der Waals surface area contributed by atoms with E-state index in [2.05, 4.69) is 55.5 Å². The molecule has 3 saturated heterocycles. The van der Waals surface area contributed by atoms with E-state index in [1.165, 1.54) is 24.8 Å². The molecule has 3 heterocycles. The second-order valence-electron chi connectivity index (χ2n) is 19.9. The number of hydrogen-bond acceptors (Lipinski definition) is 7. The van der Waals surface area contributed by atoms with Crippen LogP contribution in [0.4, 0.5) is 0 Å². The van der Waals surface area contributed by atoms with Gasteiger partial charge in [-0.1, -0.05) is 51.7 Å². The molecule has 57 heavy (non-hydrogen) atoms. The Morgan fingerprint density at radius 3 is 2.49 bits per heavy atom. The van der Waals surface area contributed by atoms with Gasteiger partial charge in [0.15, 0.2) is 5.78 Å². The SMILES string of the molecule is CC(=O)N[C@@H]1[C@H](CCCCC(=O)NCCCCCC(=O)NCCN2C[C@@H](C)C[C@H]3O[C@]4(CC[C@@H]5C(=C4C)C[C@H]4[C@H]5CCC5=CC(=O)CC[C@@]54C)[C@H](C)[C@@H]32)SC[C@@H]1C. The van der Waals surface area contributed by atoms with E-state index in [0.29, 0.717) is 79.0 Å². The number of ether oxygens (including phenoxy) is 1. The molecule has 1 spiro atoms. The molecule has 0 bridgehead atoms. The predicted octanol–water partition coefficient (Wildman–Crippen LogP) is 7.53. The number of unbranched alkanes of at least 4 members (excludes halogenated alkanes) is 3. The van der Waals surface area contributed by atoms with Gasteiger partial charge in [-0.05, 0) is 130 Å². The number of thioether (sulfide) groups is 1. The number of allylic oxidation sites excluding steroid dienone is 3. The van der Waals surface area contributed by atoms with Gasteiger partial charge < -0.3 is 20.7 Å². The van der Waals surface area contributed by atoms with E-state index >= 15 is 0 Å². The van der Waals surface area contributed by atoms with Gasteiger partial charge in [-0.25, -0.2) is 0 Å². The number of nitrogens with one attached hydrogen (secondary N) is 3. The Balaban J connectivity index is 0.813.